The highest BCUT2D eigenvalue weighted by Gasteiger charge is 2.13. The van der Waals surface area contributed by atoms with Crippen LogP contribution in [0.2, 0.25) is 0 Å². The Bertz CT molecular complexity index is 632. The maximum Gasteiger partial charge on any atom is 0.118 e. The zero-order valence-corrected chi connectivity index (χ0v) is 8.49. The lowest BCUT2D eigenvalue weighted by molar-refractivity contribution is 0.931. The number of nitrogens with one attached hydrogen (secondary N) is 1. The number of nitrogens with zero attached hydrogens (tertiary/aromatic N) is 2. The lowest BCUT2D eigenvalue weighted by Gasteiger charge is -1.98. The fourth-order valence-corrected chi connectivity index (χ4v) is 2.15. The highest BCUT2D eigenvalue weighted by atomic mass is 15.2. The first-order chi connectivity index (χ1) is 7.33. The summed E-state index contributed by atoms with van der Waals surface area (Å²) in [4.78, 5) is 0. The third kappa shape index (κ3) is 0.966. The van der Waals surface area contributed by atoms with E-state index in [1.54, 1.807) is 0 Å². The standard InChI is InChI=1S/C11H12N4/c1-15-9-5-3-2-4-7(9)10-11(15)8(6-12)13-14-10/h2-5H,6,12H2,1H3,(H,13,14). The van der Waals surface area contributed by atoms with Crippen LogP contribution in [-0.4, -0.2) is 14.8 Å². The highest BCUT2D eigenvalue weighted by molar-refractivity contribution is 6.06. The summed E-state index contributed by atoms with van der Waals surface area (Å²) in [7, 11) is 2.04. The molecule has 1 aromatic carbocycles. The summed E-state index contributed by atoms with van der Waals surface area (Å²) in [5.74, 6) is 0. The first kappa shape index (κ1) is 8.49. The zero-order chi connectivity index (χ0) is 10.4. The van der Waals surface area contributed by atoms with Gasteiger partial charge < -0.3 is 10.3 Å². The average Bonchev–Trinajstić information content (AvgIpc) is 2.81. The van der Waals surface area contributed by atoms with E-state index in [4.69, 9.17) is 5.73 Å². The summed E-state index contributed by atoms with van der Waals surface area (Å²) in [6, 6.07) is 8.24. The lowest BCUT2D eigenvalue weighted by Crippen LogP contribution is -1.99. The summed E-state index contributed by atoms with van der Waals surface area (Å²) in [6.45, 7) is 0.487. The molecule has 0 atom stereocenters. The predicted octanol–water partition coefficient (Wildman–Crippen LogP) is 1.51. The number of aromatic amines is 1. The van der Waals surface area contributed by atoms with Gasteiger partial charge in [-0.2, -0.15) is 5.10 Å². The third-order valence-electron chi connectivity index (χ3n) is 2.87. The van der Waals surface area contributed by atoms with Gasteiger partial charge in [-0.15, -0.1) is 0 Å². The fourth-order valence-electron chi connectivity index (χ4n) is 2.15. The molecule has 3 aromatic rings. The highest BCUT2D eigenvalue weighted by Crippen LogP contribution is 2.27. The van der Waals surface area contributed by atoms with Gasteiger partial charge in [0.15, 0.2) is 0 Å². The number of aryl methyl sites for hydroxylation is 1. The van der Waals surface area contributed by atoms with Gasteiger partial charge in [0, 0.05) is 19.0 Å². The molecule has 0 aliphatic rings. The van der Waals surface area contributed by atoms with Crippen LogP contribution in [0.3, 0.4) is 0 Å². The first-order valence-electron chi connectivity index (χ1n) is 4.93. The van der Waals surface area contributed by atoms with Gasteiger partial charge >= 0.3 is 0 Å². The van der Waals surface area contributed by atoms with Crippen LogP contribution in [0, 0.1) is 0 Å². The van der Waals surface area contributed by atoms with Crippen LogP contribution < -0.4 is 5.73 Å². The van der Waals surface area contributed by atoms with Gasteiger partial charge in [-0.1, -0.05) is 18.2 Å². The van der Waals surface area contributed by atoms with E-state index >= 15 is 0 Å². The van der Waals surface area contributed by atoms with E-state index in [0.717, 1.165) is 16.7 Å². The molecule has 0 bridgehead atoms. The van der Waals surface area contributed by atoms with Crippen LogP contribution in [0.15, 0.2) is 24.3 Å². The average molecular weight is 200 g/mol. The molecule has 4 heteroatoms. The fraction of sp³-hybridized carbons (Fsp3) is 0.182. The van der Waals surface area contributed by atoms with Gasteiger partial charge in [-0.05, 0) is 6.07 Å². The lowest BCUT2D eigenvalue weighted by atomic mass is 10.2. The maximum atomic E-state index is 5.67. The van der Waals surface area contributed by atoms with Crippen molar-refractivity contribution in [1.29, 1.82) is 0 Å². The number of hydrogen-bond donors (Lipinski definition) is 2. The summed E-state index contributed by atoms with van der Waals surface area (Å²) >= 11 is 0. The Morgan fingerprint density at radius 2 is 2.20 bits per heavy atom. The molecule has 0 radical (unpaired) electrons. The van der Waals surface area contributed by atoms with Crippen LogP contribution in [-0.2, 0) is 13.6 Å². The maximum absolute atomic E-state index is 5.67. The van der Waals surface area contributed by atoms with Crippen molar-refractivity contribution in [1.82, 2.24) is 14.8 Å². The van der Waals surface area contributed by atoms with E-state index in [0.29, 0.717) is 6.54 Å². The second-order valence-electron chi connectivity index (χ2n) is 3.68. The van der Waals surface area contributed by atoms with Gasteiger partial charge in [0.2, 0.25) is 0 Å². The molecule has 15 heavy (non-hydrogen) atoms. The molecule has 0 aliphatic carbocycles. The van der Waals surface area contributed by atoms with Gasteiger partial charge in [-0.3, -0.25) is 5.10 Å². The van der Waals surface area contributed by atoms with Crippen molar-refractivity contribution >= 4 is 21.9 Å². The summed E-state index contributed by atoms with van der Waals surface area (Å²) in [6.07, 6.45) is 0. The van der Waals surface area contributed by atoms with Gasteiger partial charge in [0.25, 0.3) is 0 Å². The smallest absolute Gasteiger partial charge is 0.118 e. The number of para-hydroxylation sites is 1. The van der Waals surface area contributed by atoms with Crippen molar-refractivity contribution in [2.45, 2.75) is 6.54 Å². The number of hydrogen-bond acceptors (Lipinski definition) is 2. The van der Waals surface area contributed by atoms with Crippen LogP contribution >= 0.6 is 0 Å². The largest absolute Gasteiger partial charge is 0.341 e. The molecule has 3 rings (SSSR count). The van der Waals surface area contributed by atoms with Crippen LogP contribution in [0.4, 0.5) is 0 Å². The summed E-state index contributed by atoms with van der Waals surface area (Å²) < 4.78 is 2.14. The topological polar surface area (TPSA) is 59.6 Å². The Balaban J connectivity index is 2.58. The SMILES string of the molecule is Cn1c2ccccc2c2n[nH]c(CN)c21. The summed E-state index contributed by atoms with van der Waals surface area (Å²) in [5, 5.41) is 8.47. The van der Waals surface area contributed by atoms with Gasteiger partial charge in [0.1, 0.15) is 5.52 Å². The van der Waals surface area contributed by atoms with Crippen molar-refractivity contribution in [3.63, 3.8) is 0 Å². The van der Waals surface area contributed by atoms with E-state index in [9.17, 15) is 0 Å². The minimum Gasteiger partial charge on any atom is -0.341 e. The Kier molecular flexibility index (Phi) is 1.61. The molecule has 2 aromatic heterocycles. The number of H-pyrrole nitrogens is 1. The van der Waals surface area contributed by atoms with Gasteiger partial charge in [-0.25, -0.2) is 0 Å². The normalized spacial score (nSPS) is 11.6. The number of rotatable bonds is 1. The van der Waals surface area contributed by atoms with Crippen molar-refractivity contribution in [2.75, 3.05) is 0 Å². The second kappa shape index (κ2) is 2.84. The van der Waals surface area contributed by atoms with E-state index in [2.05, 4.69) is 26.9 Å². The first-order valence-corrected chi connectivity index (χ1v) is 4.93. The molecule has 2 heterocycles. The van der Waals surface area contributed by atoms with Crippen molar-refractivity contribution in [3.8, 4) is 0 Å². The van der Waals surface area contributed by atoms with Crippen LogP contribution in [0.25, 0.3) is 21.9 Å². The Labute approximate surface area is 86.7 Å². The number of benzene rings is 1. The minimum atomic E-state index is 0.487. The molecule has 0 spiro atoms. The molecule has 0 aliphatic heterocycles. The van der Waals surface area contributed by atoms with E-state index in [1.807, 2.05) is 19.2 Å². The number of aromatic nitrogens is 3. The third-order valence-corrected chi connectivity index (χ3v) is 2.87. The van der Waals surface area contributed by atoms with Gasteiger partial charge in [0.05, 0.1) is 16.7 Å². The van der Waals surface area contributed by atoms with Crippen molar-refractivity contribution < 1.29 is 0 Å². The second-order valence-corrected chi connectivity index (χ2v) is 3.68. The Morgan fingerprint density at radius 1 is 1.40 bits per heavy atom. The van der Waals surface area contributed by atoms with Crippen LogP contribution in [0.5, 0.6) is 0 Å². The molecular weight excluding hydrogens is 188 g/mol. The van der Waals surface area contributed by atoms with Crippen molar-refractivity contribution in [2.24, 2.45) is 12.8 Å². The Morgan fingerprint density at radius 3 is 3.00 bits per heavy atom. The molecule has 4 nitrogen and oxygen atoms in total. The molecular formula is C11H12N4. The summed E-state index contributed by atoms with van der Waals surface area (Å²) in [5.41, 5.74) is 9.97. The molecule has 76 valence electrons. The van der Waals surface area contributed by atoms with E-state index in [1.165, 1.54) is 10.9 Å². The molecule has 0 fully saturated rings. The van der Waals surface area contributed by atoms with E-state index in [-0.39, 0.29) is 0 Å². The number of nitrogens with two attached hydrogens (primary N) is 1. The molecule has 0 saturated carbocycles. The predicted molar refractivity (Wildman–Crippen MR) is 60.5 cm³/mol. The number of fused-ring (bicyclic) bond motifs is 3. The molecule has 0 saturated heterocycles. The molecule has 0 unspecified atom stereocenters. The minimum absolute atomic E-state index is 0.487. The molecule has 0 amide bonds. The monoisotopic (exact) mass is 200 g/mol. The molecule has 3 N–H and O–H groups in total. The van der Waals surface area contributed by atoms with Crippen molar-refractivity contribution in [3.05, 3.63) is 30.0 Å². The zero-order valence-electron chi connectivity index (χ0n) is 8.49. The van der Waals surface area contributed by atoms with E-state index < -0.39 is 0 Å². The van der Waals surface area contributed by atoms with Crippen LogP contribution in [0.1, 0.15) is 5.69 Å². The quantitative estimate of drug-likeness (QED) is 0.625. The Hall–Kier alpha value is -1.81.